The van der Waals surface area contributed by atoms with E-state index < -0.39 is 5.63 Å². The SMILES string of the molecule is Cc1cc(=O)oc2cc(NC(=O)c3ccsc3)ccc12. The molecule has 0 saturated carbocycles. The van der Waals surface area contributed by atoms with E-state index in [9.17, 15) is 9.59 Å². The summed E-state index contributed by atoms with van der Waals surface area (Å²) in [5.41, 5.74) is 2.14. The summed E-state index contributed by atoms with van der Waals surface area (Å²) >= 11 is 1.46. The molecule has 0 aliphatic rings. The molecule has 2 aromatic heterocycles. The first-order chi connectivity index (χ1) is 9.63. The summed E-state index contributed by atoms with van der Waals surface area (Å²) in [5, 5.41) is 7.26. The quantitative estimate of drug-likeness (QED) is 0.734. The van der Waals surface area contributed by atoms with Crippen molar-refractivity contribution in [2.45, 2.75) is 6.92 Å². The minimum atomic E-state index is -0.392. The maximum Gasteiger partial charge on any atom is 0.336 e. The largest absolute Gasteiger partial charge is 0.423 e. The van der Waals surface area contributed by atoms with Gasteiger partial charge in [-0.05, 0) is 36.1 Å². The van der Waals surface area contributed by atoms with E-state index in [0.717, 1.165) is 10.9 Å². The van der Waals surface area contributed by atoms with Crippen molar-refractivity contribution in [1.82, 2.24) is 0 Å². The Morgan fingerprint density at radius 1 is 1.25 bits per heavy atom. The van der Waals surface area contributed by atoms with Gasteiger partial charge in [0.15, 0.2) is 0 Å². The number of thiophene rings is 1. The topological polar surface area (TPSA) is 59.3 Å². The Morgan fingerprint density at radius 2 is 2.10 bits per heavy atom. The minimum Gasteiger partial charge on any atom is -0.423 e. The molecule has 3 rings (SSSR count). The zero-order chi connectivity index (χ0) is 14.1. The standard InChI is InChI=1S/C15H11NO3S/c1-9-6-14(17)19-13-7-11(2-3-12(9)13)16-15(18)10-4-5-20-8-10/h2-8H,1H3,(H,16,18). The van der Waals surface area contributed by atoms with Gasteiger partial charge in [0.2, 0.25) is 0 Å². The van der Waals surface area contributed by atoms with Crippen molar-refractivity contribution in [3.8, 4) is 0 Å². The highest BCUT2D eigenvalue weighted by molar-refractivity contribution is 7.08. The average Bonchev–Trinajstić information content (AvgIpc) is 2.91. The number of aryl methyl sites for hydroxylation is 1. The second-order valence-electron chi connectivity index (χ2n) is 4.43. The number of anilines is 1. The van der Waals surface area contributed by atoms with Crippen molar-refractivity contribution >= 4 is 33.9 Å². The van der Waals surface area contributed by atoms with Gasteiger partial charge in [0.1, 0.15) is 5.58 Å². The van der Waals surface area contributed by atoms with Crippen LogP contribution in [0.4, 0.5) is 5.69 Å². The number of nitrogens with one attached hydrogen (secondary N) is 1. The fourth-order valence-electron chi connectivity index (χ4n) is 2.00. The Morgan fingerprint density at radius 3 is 2.85 bits per heavy atom. The minimum absolute atomic E-state index is 0.180. The molecule has 0 aliphatic carbocycles. The van der Waals surface area contributed by atoms with E-state index in [0.29, 0.717) is 16.8 Å². The lowest BCUT2D eigenvalue weighted by Crippen LogP contribution is -2.10. The molecule has 1 amide bonds. The van der Waals surface area contributed by atoms with E-state index in [1.807, 2.05) is 18.4 Å². The van der Waals surface area contributed by atoms with Crippen LogP contribution in [-0.2, 0) is 0 Å². The molecule has 0 unspecified atom stereocenters. The van der Waals surface area contributed by atoms with Crippen LogP contribution < -0.4 is 10.9 Å². The number of rotatable bonds is 2. The molecule has 0 spiro atoms. The van der Waals surface area contributed by atoms with Crippen LogP contribution in [0.5, 0.6) is 0 Å². The number of carbonyl (C=O) groups excluding carboxylic acids is 1. The Balaban J connectivity index is 1.97. The smallest absolute Gasteiger partial charge is 0.336 e. The molecule has 2 heterocycles. The van der Waals surface area contributed by atoms with Crippen molar-refractivity contribution in [2.24, 2.45) is 0 Å². The van der Waals surface area contributed by atoms with Crippen LogP contribution in [0.3, 0.4) is 0 Å². The summed E-state index contributed by atoms with van der Waals surface area (Å²) in [6, 6.07) is 8.49. The molecule has 0 bridgehead atoms. The first kappa shape index (κ1) is 12.6. The highest BCUT2D eigenvalue weighted by Crippen LogP contribution is 2.21. The van der Waals surface area contributed by atoms with Crippen molar-refractivity contribution in [1.29, 1.82) is 0 Å². The highest BCUT2D eigenvalue weighted by Gasteiger charge is 2.08. The molecule has 5 heteroatoms. The van der Waals surface area contributed by atoms with E-state index in [2.05, 4.69) is 5.32 Å². The Kier molecular flexibility index (Phi) is 3.12. The van der Waals surface area contributed by atoms with Gasteiger partial charge >= 0.3 is 5.63 Å². The number of hydrogen-bond donors (Lipinski definition) is 1. The first-order valence-corrected chi connectivity index (χ1v) is 6.96. The fourth-order valence-corrected chi connectivity index (χ4v) is 2.64. The number of hydrogen-bond acceptors (Lipinski definition) is 4. The molecule has 0 radical (unpaired) electrons. The summed E-state index contributed by atoms with van der Waals surface area (Å²) in [4.78, 5) is 23.3. The fraction of sp³-hybridized carbons (Fsp3) is 0.0667. The van der Waals surface area contributed by atoms with E-state index in [4.69, 9.17) is 4.42 Å². The molecule has 3 aromatic rings. The molecular weight excluding hydrogens is 274 g/mol. The van der Waals surface area contributed by atoms with Crippen LogP contribution in [0.25, 0.3) is 11.0 Å². The first-order valence-electron chi connectivity index (χ1n) is 6.01. The number of amides is 1. The molecule has 0 saturated heterocycles. The van der Waals surface area contributed by atoms with Crippen LogP contribution in [-0.4, -0.2) is 5.91 Å². The molecular formula is C15H11NO3S. The van der Waals surface area contributed by atoms with E-state index >= 15 is 0 Å². The van der Waals surface area contributed by atoms with Gasteiger partial charge in [0.05, 0.1) is 5.56 Å². The predicted molar refractivity (Wildman–Crippen MR) is 79.5 cm³/mol. The summed E-state index contributed by atoms with van der Waals surface area (Å²) < 4.78 is 5.15. The molecule has 20 heavy (non-hydrogen) atoms. The number of carbonyl (C=O) groups is 1. The monoisotopic (exact) mass is 285 g/mol. The van der Waals surface area contributed by atoms with Crippen LogP contribution in [0.2, 0.25) is 0 Å². The third-order valence-electron chi connectivity index (χ3n) is 2.99. The third-order valence-corrected chi connectivity index (χ3v) is 3.68. The Bertz CT molecular complexity index is 834. The zero-order valence-electron chi connectivity index (χ0n) is 10.7. The van der Waals surface area contributed by atoms with Crippen molar-refractivity contribution in [2.75, 3.05) is 5.32 Å². The lowest BCUT2D eigenvalue weighted by Gasteiger charge is -2.06. The van der Waals surface area contributed by atoms with E-state index in [1.165, 1.54) is 17.4 Å². The highest BCUT2D eigenvalue weighted by atomic mass is 32.1. The lowest BCUT2D eigenvalue weighted by molar-refractivity contribution is 0.102. The molecule has 0 aliphatic heterocycles. The van der Waals surface area contributed by atoms with Gasteiger partial charge in [-0.3, -0.25) is 4.79 Å². The van der Waals surface area contributed by atoms with Gasteiger partial charge < -0.3 is 9.73 Å². The second-order valence-corrected chi connectivity index (χ2v) is 5.21. The van der Waals surface area contributed by atoms with E-state index in [1.54, 1.807) is 23.6 Å². The van der Waals surface area contributed by atoms with Crippen LogP contribution in [0, 0.1) is 6.92 Å². The van der Waals surface area contributed by atoms with Crippen LogP contribution in [0.1, 0.15) is 15.9 Å². The molecule has 4 nitrogen and oxygen atoms in total. The maximum atomic E-state index is 11.9. The summed E-state index contributed by atoms with van der Waals surface area (Å²) in [6.07, 6.45) is 0. The number of fused-ring (bicyclic) bond motifs is 1. The van der Waals surface area contributed by atoms with Gasteiger partial charge in [-0.15, -0.1) is 0 Å². The van der Waals surface area contributed by atoms with E-state index in [-0.39, 0.29) is 5.91 Å². The van der Waals surface area contributed by atoms with Crippen molar-refractivity contribution < 1.29 is 9.21 Å². The summed E-state index contributed by atoms with van der Waals surface area (Å²) in [7, 11) is 0. The summed E-state index contributed by atoms with van der Waals surface area (Å²) in [5.74, 6) is -0.180. The average molecular weight is 285 g/mol. The molecule has 0 fully saturated rings. The van der Waals surface area contributed by atoms with Gasteiger partial charge in [-0.2, -0.15) is 11.3 Å². The Hall–Kier alpha value is -2.40. The predicted octanol–water partition coefficient (Wildman–Crippen LogP) is 3.42. The third kappa shape index (κ3) is 2.35. The molecule has 100 valence electrons. The molecule has 1 aromatic carbocycles. The van der Waals surface area contributed by atoms with Crippen molar-refractivity contribution in [3.05, 3.63) is 62.6 Å². The normalized spacial score (nSPS) is 10.7. The van der Waals surface area contributed by atoms with Gasteiger partial charge in [-0.1, -0.05) is 0 Å². The Labute approximate surface area is 118 Å². The van der Waals surface area contributed by atoms with Gasteiger partial charge in [0.25, 0.3) is 5.91 Å². The zero-order valence-corrected chi connectivity index (χ0v) is 11.5. The second kappa shape index (κ2) is 4.94. The molecule has 1 N–H and O–H groups in total. The van der Waals surface area contributed by atoms with Crippen LogP contribution >= 0.6 is 11.3 Å². The van der Waals surface area contributed by atoms with Crippen molar-refractivity contribution in [3.63, 3.8) is 0 Å². The summed E-state index contributed by atoms with van der Waals surface area (Å²) in [6.45, 7) is 1.85. The maximum absolute atomic E-state index is 11.9. The van der Waals surface area contributed by atoms with Gasteiger partial charge in [0, 0.05) is 28.6 Å². The van der Waals surface area contributed by atoms with Crippen LogP contribution in [0.15, 0.2) is 50.3 Å². The lowest BCUT2D eigenvalue weighted by atomic mass is 10.1. The van der Waals surface area contributed by atoms with Gasteiger partial charge in [-0.25, -0.2) is 4.79 Å². The molecule has 0 atom stereocenters. The number of benzene rings is 1.